The van der Waals surface area contributed by atoms with Gasteiger partial charge in [-0.05, 0) is 19.4 Å². The Bertz CT molecular complexity index is 164. The van der Waals surface area contributed by atoms with Crippen LogP contribution in [0.2, 0.25) is 0 Å². The van der Waals surface area contributed by atoms with Gasteiger partial charge in [-0.2, -0.15) is 5.10 Å². The van der Waals surface area contributed by atoms with E-state index in [0.717, 1.165) is 13.1 Å². The highest BCUT2D eigenvalue weighted by Crippen LogP contribution is 2.12. The Morgan fingerprint density at radius 1 is 1.70 bits per heavy atom. The first-order chi connectivity index (χ1) is 4.86. The van der Waals surface area contributed by atoms with Crippen LogP contribution in [-0.2, 0) is 0 Å². The number of likely N-dealkylation sites (N-methyl/N-ethyl adjacent to an activating group) is 1. The molecule has 2 rings (SSSR count). The largest absolute Gasteiger partial charge is 0.307 e. The van der Waals surface area contributed by atoms with Gasteiger partial charge in [-0.15, -0.1) is 0 Å². The van der Waals surface area contributed by atoms with Crippen molar-refractivity contribution in [3.8, 4) is 0 Å². The molecule has 1 atom stereocenters. The van der Waals surface area contributed by atoms with Crippen LogP contribution in [0.25, 0.3) is 0 Å². The lowest BCUT2D eigenvalue weighted by Gasteiger charge is -2.19. The summed E-state index contributed by atoms with van der Waals surface area (Å²) >= 11 is 0. The highest BCUT2D eigenvalue weighted by Gasteiger charge is 2.25. The molecule has 2 heterocycles. The SMILES string of the molecule is CN1CC2NCCCC2=N1. The number of hydrogen-bond donors (Lipinski definition) is 1. The molecular formula is C7H13N3. The summed E-state index contributed by atoms with van der Waals surface area (Å²) in [7, 11) is 2.03. The molecule has 1 unspecified atom stereocenters. The molecule has 0 aromatic carbocycles. The van der Waals surface area contributed by atoms with Crippen molar-refractivity contribution in [1.29, 1.82) is 0 Å². The van der Waals surface area contributed by atoms with Crippen molar-refractivity contribution in [1.82, 2.24) is 10.3 Å². The predicted octanol–water partition coefficient (Wildman–Crippen LogP) is 0.0398. The van der Waals surface area contributed by atoms with Gasteiger partial charge in [-0.3, -0.25) is 5.01 Å². The molecule has 1 N–H and O–H groups in total. The molecule has 10 heavy (non-hydrogen) atoms. The number of rotatable bonds is 0. The standard InChI is InChI=1S/C7H13N3/c1-10-5-7-6(9-10)3-2-4-8-7/h7-8H,2-5H2,1H3. The summed E-state index contributed by atoms with van der Waals surface area (Å²) in [5.41, 5.74) is 1.36. The lowest BCUT2D eigenvalue weighted by Crippen LogP contribution is -2.42. The zero-order chi connectivity index (χ0) is 6.97. The summed E-state index contributed by atoms with van der Waals surface area (Å²) in [6, 6.07) is 0.568. The van der Waals surface area contributed by atoms with Crippen molar-refractivity contribution in [3.63, 3.8) is 0 Å². The maximum atomic E-state index is 4.40. The van der Waals surface area contributed by atoms with Gasteiger partial charge in [0.25, 0.3) is 0 Å². The van der Waals surface area contributed by atoms with Gasteiger partial charge in [0.2, 0.25) is 0 Å². The Morgan fingerprint density at radius 2 is 2.60 bits per heavy atom. The molecule has 3 nitrogen and oxygen atoms in total. The lowest BCUT2D eigenvalue weighted by atomic mass is 10.0. The van der Waals surface area contributed by atoms with Crippen molar-refractivity contribution >= 4 is 5.71 Å². The van der Waals surface area contributed by atoms with E-state index in [1.165, 1.54) is 18.6 Å². The van der Waals surface area contributed by atoms with Crippen LogP contribution in [0.5, 0.6) is 0 Å². The van der Waals surface area contributed by atoms with Gasteiger partial charge in [-0.25, -0.2) is 0 Å². The van der Waals surface area contributed by atoms with Crippen LogP contribution >= 0.6 is 0 Å². The Hall–Kier alpha value is -0.570. The molecule has 1 saturated heterocycles. The average molecular weight is 139 g/mol. The second-order valence-corrected chi connectivity index (χ2v) is 3.04. The summed E-state index contributed by atoms with van der Waals surface area (Å²) in [5, 5.41) is 9.86. The minimum Gasteiger partial charge on any atom is -0.307 e. The first kappa shape index (κ1) is 6.16. The van der Waals surface area contributed by atoms with E-state index < -0.39 is 0 Å². The first-order valence-corrected chi connectivity index (χ1v) is 3.88. The molecule has 0 aromatic heterocycles. The molecule has 2 aliphatic heterocycles. The number of nitrogens with one attached hydrogen (secondary N) is 1. The maximum absolute atomic E-state index is 4.40. The van der Waals surface area contributed by atoms with Crippen LogP contribution in [0.15, 0.2) is 5.10 Å². The van der Waals surface area contributed by atoms with Gasteiger partial charge in [0.1, 0.15) is 0 Å². The third-order valence-corrected chi connectivity index (χ3v) is 2.15. The molecule has 0 aromatic rings. The second-order valence-electron chi connectivity index (χ2n) is 3.04. The molecule has 0 amide bonds. The van der Waals surface area contributed by atoms with E-state index >= 15 is 0 Å². The van der Waals surface area contributed by atoms with Gasteiger partial charge in [0, 0.05) is 7.05 Å². The van der Waals surface area contributed by atoms with E-state index in [9.17, 15) is 0 Å². The Balaban J connectivity index is 2.10. The minimum absolute atomic E-state index is 0.568. The molecule has 0 radical (unpaired) electrons. The predicted molar refractivity (Wildman–Crippen MR) is 41.1 cm³/mol. The molecule has 3 heteroatoms. The van der Waals surface area contributed by atoms with Gasteiger partial charge >= 0.3 is 0 Å². The third-order valence-electron chi connectivity index (χ3n) is 2.15. The van der Waals surface area contributed by atoms with Crippen LogP contribution in [0.4, 0.5) is 0 Å². The number of hydrogen-bond acceptors (Lipinski definition) is 3. The van der Waals surface area contributed by atoms with Gasteiger partial charge in [-0.1, -0.05) is 0 Å². The van der Waals surface area contributed by atoms with Crippen molar-refractivity contribution in [2.24, 2.45) is 5.10 Å². The molecule has 0 saturated carbocycles. The van der Waals surface area contributed by atoms with E-state index in [1.54, 1.807) is 0 Å². The van der Waals surface area contributed by atoms with E-state index in [1.807, 2.05) is 12.1 Å². The summed E-state index contributed by atoms with van der Waals surface area (Å²) in [4.78, 5) is 0. The van der Waals surface area contributed by atoms with Crippen molar-refractivity contribution in [2.45, 2.75) is 18.9 Å². The Morgan fingerprint density at radius 3 is 3.40 bits per heavy atom. The molecule has 2 aliphatic rings. The zero-order valence-corrected chi connectivity index (χ0v) is 6.30. The van der Waals surface area contributed by atoms with Crippen LogP contribution in [0.1, 0.15) is 12.8 Å². The molecule has 56 valence electrons. The molecule has 1 fully saturated rings. The van der Waals surface area contributed by atoms with Crippen LogP contribution in [0, 0.1) is 0 Å². The normalized spacial score (nSPS) is 31.9. The minimum atomic E-state index is 0.568. The highest BCUT2D eigenvalue weighted by molar-refractivity contribution is 5.91. The molecular weight excluding hydrogens is 126 g/mol. The van der Waals surface area contributed by atoms with Gasteiger partial charge in [0.15, 0.2) is 0 Å². The molecule has 0 aliphatic carbocycles. The zero-order valence-electron chi connectivity index (χ0n) is 6.30. The van der Waals surface area contributed by atoms with E-state index in [-0.39, 0.29) is 0 Å². The number of fused-ring (bicyclic) bond motifs is 1. The lowest BCUT2D eigenvalue weighted by molar-refractivity contribution is 0.364. The highest BCUT2D eigenvalue weighted by atomic mass is 15.5. The average Bonchev–Trinajstić information content (AvgIpc) is 2.27. The van der Waals surface area contributed by atoms with Crippen LogP contribution < -0.4 is 5.32 Å². The van der Waals surface area contributed by atoms with Crippen molar-refractivity contribution in [2.75, 3.05) is 20.1 Å². The van der Waals surface area contributed by atoms with E-state index in [0.29, 0.717) is 6.04 Å². The summed E-state index contributed by atoms with van der Waals surface area (Å²) < 4.78 is 0. The summed E-state index contributed by atoms with van der Waals surface area (Å²) in [5.74, 6) is 0. The maximum Gasteiger partial charge on any atom is 0.0667 e. The van der Waals surface area contributed by atoms with Crippen molar-refractivity contribution < 1.29 is 0 Å². The number of hydrazone groups is 1. The Labute approximate surface area is 61.1 Å². The smallest absolute Gasteiger partial charge is 0.0667 e. The topological polar surface area (TPSA) is 27.6 Å². The van der Waals surface area contributed by atoms with Crippen LogP contribution in [0.3, 0.4) is 0 Å². The van der Waals surface area contributed by atoms with Crippen molar-refractivity contribution in [3.05, 3.63) is 0 Å². The molecule has 0 bridgehead atoms. The molecule has 0 spiro atoms. The Kier molecular flexibility index (Phi) is 1.38. The summed E-state index contributed by atoms with van der Waals surface area (Å²) in [6.07, 6.45) is 2.45. The number of nitrogens with zero attached hydrogens (tertiary/aromatic N) is 2. The summed E-state index contributed by atoms with van der Waals surface area (Å²) in [6.45, 7) is 2.23. The van der Waals surface area contributed by atoms with E-state index in [4.69, 9.17) is 0 Å². The third kappa shape index (κ3) is 0.904. The van der Waals surface area contributed by atoms with Gasteiger partial charge in [0.05, 0.1) is 18.3 Å². The fourth-order valence-corrected chi connectivity index (χ4v) is 1.65. The fourth-order valence-electron chi connectivity index (χ4n) is 1.65. The quantitative estimate of drug-likeness (QED) is 0.513. The van der Waals surface area contributed by atoms with Crippen LogP contribution in [-0.4, -0.2) is 36.9 Å². The fraction of sp³-hybridized carbons (Fsp3) is 0.857. The van der Waals surface area contributed by atoms with Gasteiger partial charge < -0.3 is 5.32 Å². The first-order valence-electron chi connectivity index (χ1n) is 3.88. The second kappa shape index (κ2) is 2.23. The van der Waals surface area contributed by atoms with E-state index in [2.05, 4.69) is 10.4 Å². The number of piperidine rings is 1. The monoisotopic (exact) mass is 139 g/mol.